The maximum Gasteiger partial charge on any atom is 0.243 e. The number of hydrogen-bond acceptors (Lipinski definition) is 6. The first-order valence-electron chi connectivity index (χ1n) is 9.11. The van der Waals surface area contributed by atoms with Crippen LogP contribution in [0.2, 0.25) is 0 Å². The van der Waals surface area contributed by atoms with Gasteiger partial charge >= 0.3 is 0 Å². The van der Waals surface area contributed by atoms with Gasteiger partial charge in [-0.3, -0.25) is 4.98 Å². The van der Waals surface area contributed by atoms with E-state index in [-0.39, 0.29) is 11.7 Å². The van der Waals surface area contributed by atoms with Gasteiger partial charge in [0.25, 0.3) is 0 Å². The molecular formula is C20H19N3O4S. The van der Waals surface area contributed by atoms with E-state index < -0.39 is 10.0 Å². The normalized spacial score (nSPS) is 17.2. The van der Waals surface area contributed by atoms with Gasteiger partial charge in [-0.05, 0) is 24.3 Å². The predicted molar refractivity (Wildman–Crippen MR) is 105 cm³/mol. The summed E-state index contributed by atoms with van der Waals surface area (Å²) >= 11 is 0. The van der Waals surface area contributed by atoms with E-state index in [1.54, 1.807) is 24.4 Å². The molecule has 7 nitrogen and oxygen atoms in total. The van der Waals surface area contributed by atoms with Crippen molar-refractivity contribution >= 4 is 26.6 Å². The number of aromatic nitrogens is 1. The maximum absolute atomic E-state index is 13.0. The minimum Gasteiger partial charge on any atom is -0.454 e. The molecule has 0 bridgehead atoms. The van der Waals surface area contributed by atoms with Crippen LogP contribution in [-0.2, 0) is 10.0 Å². The first kappa shape index (κ1) is 17.3. The summed E-state index contributed by atoms with van der Waals surface area (Å²) in [6.45, 7) is 2.18. The van der Waals surface area contributed by atoms with E-state index in [0.717, 1.165) is 16.6 Å². The first-order valence-corrected chi connectivity index (χ1v) is 10.6. The summed E-state index contributed by atoms with van der Waals surface area (Å²) in [6.07, 6.45) is 1.78. The SMILES string of the molecule is O=S(=O)(c1ccc2c(c1)OCO2)N1CCN(c2cccc3cccnc23)CC1. The fraction of sp³-hybridized carbons (Fsp3) is 0.250. The van der Waals surface area contributed by atoms with Crippen LogP contribution in [0.5, 0.6) is 11.5 Å². The number of para-hydroxylation sites is 1. The van der Waals surface area contributed by atoms with Crippen LogP contribution >= 0.6 is 0 Å². The van der Waals surface area contributed by atoms with Gasteiger partial charge < -0.3 is 14.4 Å². The van der Waals surface area contributed by atoms with Crippen LogP contribution < -0.4 is 14.4 Å². The number of nitrogens with zero attached hydrogens (tertiary/aromatic N) is 3. The highest BCUT2D eigenvalue weighted by atomic mass is 32.2. The second-order valence-electron chi connectivity index (χ2n) is 6.76. The van der Waals surface area contributed by atoms with Crippen molar-refractivity contribution < 1.29 is 17.9 Å². The van der Waals surface area contributed by atoms with Gasteiger partial charge in [0.05, 0.1) is 16.1 Å². The van der Waals surface area contributed by atoms with E-state index in [2.05, 4.69) is 9.88 Å². The Hall–Kier alpha value is -2.84. The fourth-order valence-electron chi connectivity index (χ4n) is 3.70. The van der Waals surface area contributed by atoms with Crippen LogP contribution in [0.3, 0.4) is 0 Å². The van der Waals surface area contributed by atoms with Gasteiger partial charge in [-0.2, -0.15) is 4.31 Å². The third-order valence-electron chi connectivity index (χ3n) is 5.17. The average molecular weight is 397 g/mol. The number of piperazine rings is 1. The minimum absolute atomic E-state index is 0.122. The zero-order valence-corrected chi connectivity index (χ0v) is 15.9. The Kier molecular flexibility index (Phi) is 4.10. The van der Waals surface area contributed by atoms with E-state index in [1.165, 1.54) is 4.31 Å². The Labute approximate surface area is 163 Å². The number of pyridine rings is 1. The van der Waals surface area contributed by atoms with E-state index in [4.69, 9.17) is 9.47 Å². The maximum atomic E-state index is 13.0. The minimum atomic E-state index is -3.58. The number of anilines is 1. The molecule has 5 rings (SSSR count). The Morgan fingerprint density at radius 3 is 2.54 bits per heavy atom. The van der Waals surface area contributed by atoms with Gasteiger partial charge in [-0.15, -0.1) is 0 Å². The van der Waals surface area contributed by atoms with E-state index in [1.807, 2.05) is 30.3 Å². The second-order valence-corrected chi connectivity index (χ2v) is 8.70. The molecule has 144 valence electrons. The van der Waals surface area contributed by atoms with Crippen LogP contribution in [0.4, 0.5) is 5.69 Å². The van der Waals surface area contributed by atoms with Crippen LogP contribution in [0.15, 0.2) is 59.6 Å². The summed E-state index contributed by atoms with van der Waals surface area (Å²) in [7, 11) is -3.58. The highest BCUT2D eigenvalue weighted by Crippen LogP contribution is 2.35. The number of rotatable bonds is 3. The monoisotopic (exact) mass is 397 g/mol. The first-order chi connectivity index (χ1) is 13.6. The predicted octanol–water partition coefficient (Wildman–Crippen LogP) is 2.47. The average Bonchev–Trinajstić information content (AvgIpc) is 3.21. The fourth-order valence-corrected chi connectivity index (χ4v) is 5.14. The van der Waals surface area contributed by atoms with Gasteiger partial charge in [0, 0.05) is 43.8 Å². The molecule has 2 aliphatic rings. The molecule has 0 saturated carbocycles. The van der Waals surface area contributed by atoms with Crippen molar-refractivity contribution in [2.24, 2.45) is 0 Å². The van der Waals surface area contributed by atoms with E-state index in [0.29, 0.717) is 37.7 Å². The summed E-state index contributed by atoms with van der Waals surface area (Å²) < 4.78 is 38.2. The third-order valence-corrected chi connectivity index (χ3v) is 7.07. The molecule has 8 heteroatoms. The second kappa shape index (κ2) is 6.65. The summed E-state index contributed by atoms with van der Waals surface area (Å²) in [4.78, 5) is 6.93. The molecule has 0 atom stereocenters. The lowest BCUT2D eigenvalue weighted by Crippen LogP contribution is -2.48. The van der Waals surface area contributed by atoms with Crippen molar-refractivity contribution in [1.82, 2.24) is 9.29 Å². The molecule has 1 fully saturated rings. The van der Waals surface area contributed by atoms with Crippen molar-refractivity contribution in [1.29, 1.82) is 0 Å². The molecule has 0 amide bonds. The third kappa shape index (κ3) is 2.85. The molecular weight excluding hydrogens is 378 g/mol. The molecule has 1 aromatic heterocycles. The van der Waals surface area contributed by atoms with E-state index >= 15 is 0 Å². The zero-order chi connectivity index (χ0) is 19.1. The Morgan fingerprint density at radius 2 is 1.68 bits per heavy atom. The standard InChI is InChI=1S/C20H19N3O4S/c24-28(25,16-6-7-18-19(13-16)27-14-26-18)23-11-9-22(10-12-23)17-5-1-3-15-4-2-8-21-20(15)17/h1-8,13H,9-12,14H2. The summed E-state index contributed by atoms with van der Waals surface area (Å²) in [5.74, 6) is 1.05. The van der Waals surface area contributed by atoms with Crippen molar-refractivity contribution in [2.75, 3.05) is 37.9 Å². The zero-order valence-electron chi connectivity index (χ0n) is 15.1. The van der Waals surface area contributed by atoms with Crippen LogP contribution in [0.25, 0.3) is 10.9 Å². The van der Waals surface area contributed by atoms with E-state index in [9.17, 15) is 8.42 Å². The molecule has 2 aromatic carbocycles. The van der Waals surface area contributed by atoms with Gasteiger partial charge in [-0.25, -0.2) is 8.42 Å². The Balaban J connectivity index is 1.37. The van der Waals surface area contributed by atoms with Crippen LogP contribution in [-0.4, -0.2) is 50.7 Å². The number of benzene rings is 2. The van der Waals surface area contributed by atoms with Gasteiger partial charge in [0.15, 0.2) is 11.5 Å². The smallest absolute Gasteiger partial charge is 0.243 e. The molecule has 0 spiro atoms. The number of hydrogen-bond donors (Lipinski definition) is 0. The topological polar surface area (TPSA) is 72.0 Å². The van der Waals surface area contributed by atoms with Gasteiger partial charge in [0.2, 0.25) is 16.8 Å². The van der Waals surface area contributed by atoms with Crippen molar-refractivity contribution in [3.05, 3.63) is 54.7 Å². The molecule has 0 N–H and O–H groups in total. The molecule has 3 heterocycles. The van der Waals surface area contributed by atoms with Crippen molar-refractivity contribution in [3.8, 4) is 11.5 Å². The molecule has 28 heavy (non-hydrogen) atoms. The molecule has 3 aromatic rings. The Morgan fingerprint density at radius 1 is 0.893 bits per heavy atom. The number of sulfonamides is 1. The quantitative estimate of drug-likeness (QED) is 0.676. The van der Waals surface area contributed by atoms with Gasteiger partial charge in [-0.1, -0.05) is 18.2 Å². The highest BCUT2D eigenvalue weighted by molar-refractivity contribution is 7.89. The van der Waals surface area contributed by atoms with Crippen molar-refractivity contribution in [3.63, 3.8) is 0 Å². The molecule has 2 aliphatic heterocycles. The summed E-state index contributed by atoms with van der Waals surface area (Å²) in [6, 6.07) is 14.8. The van der Waals surface area contributed by atoms with Crippen LogP contribution in [0.1, 0.15) is 0 Å². The lowest BCUT2D eigenvalue weighted by Gasteiger charge is -2.35. The Bertz CT molecular complexity index is 1140. The molecule has 0 aliphatic carbocycles. The number of fused-ring (bicyclic) bond motifs is 2. The highest BCUT2D eigenvalue weighted by Gasteiger charge is 2.30. The molecule has 0 radical (unpaired) electrons. The molecule has 0 unspecified atom stereocenters. The summed E-state index contributed by atoms with van der Waals surface area (Å²) in [5.41, 5.74) is 1.98. The lowest BCUT2D eigenvalue weighted by atomic mass is 10.1. The largest absolute Gasteiger partial charge is 0.454 e. The van der Waals surface area contributed by atoms with Crippen molar-refractivity contribution in [2.45, 2.75) is 4.90 Å². The molecule has 1 saturated heterocycles. The van der Waals surface area contributed by atoms with Crippen LogP contribution in [0, 0.1) is 0 Å². The number of ether oxygens (including phenoxy) is 2. The lowest BCUT2D eigenvalue weighted by molar-refractivity contribution is 0.174. The summed E-state index contributed by atoms with van der Waals surface area (Å²) in [5, 5.41) is 1.08. The van der Waals surface area contributed by atoms with Gasteiger partial charge in [0.1, 0.15) is 0 Å².